The van der Waals surface area contributed by atoms with Gasteiger partial charge in [-0.15, -0.1) is 0 Å². The van der Waals surface area contributed by atoms with Gasteiger partial charge >= 0.3 is 0 Å². The summed E-state index contributed by atoms with van der Waals surface area (Å²) >= 11 is 14.8. The van der Waals surface area contributed by atoms with Crippen LogP contribution in [0.3, 0.4) is 0 Å². The Labute approximate surface area is 146 Å². The van der Waals surface area contributed by atoms with Crippen molar-refractivity contribution < 1.29 is 18.3 Å². The van der Waals surface area contributed by atoms with Gasteiger partial charge in [0.15, 0.2) is 5.75 Å². The molecule has 0 heterocycles. The SMILES string of the molecule is COc1ccc(Br)cc1S(=O)(=O)Nc1cc(Cl)c(O)c(Cl)c1. The van der Waals surface area contributed by atoms with Gasteiger partial charge in [0, 0.05) is 4.47 Å². The molecule has 0 radical (unpaired) electrons. The second kappa shape index (κ2) is 6.54. The molecule has 2 rings (SSSR count). The van der Waals surface area contributed by atoms with Crippen LogP contribution in [0.15, 0.2) is 39.7 Å². The van der Waals surface area contributed by atoms with E-state index < -0.39 is 10.0 Å². The minimum absolute atomic E-state index is 0.0512. The van der Waals surface area contributed by atoms with E-state index in [1.807, 2.05) is 0 Å². The molecule has 2 N–H and O–H groups in total. The Hall–Kier alpha value is -1.15. The summed E-state index contributed by atoms with van der Waals surface area (Å²) in [6, 6.07) is 7.10. The Balaban J connectivity index is 2.46. The van der Waals surface area contributed by atoms with Crippen LogP contribution in [0.2, 0.25) is 10.0 Å². The van der Waals surface area contributed by atoms with Crippen LogP contribution in [0.4, 0.5) is 5.69 Å². The number of halogens is 3. The van der Waals surface area contributed by atoms with E-state index >= 15 is 0 Å². The van der Waals surface area contributed by atoms with Gasteiger partial charge in [0.1, 0.15) is 10.6 Å². The number of phenolic OH excluding ortho intramolecular Hbond substituents is 1. The van der Waals surface area contributed by atoms with Gasteiger partial charge in [0.25, 0.3) is 10.0 Å². The van der Waals surface area contributed by atoms with Crippen molar-refractivity contribution in [1.29, 1.82) is 0 Å². The first-order chi connectivity index (χ1) is 10.2. The number of ether oxygens (including phenoxy) is 1. The summed E-state index contributed by atoms with van der Waals surface area (Å²) in [5, 5.41) is 9.37. The Bertz CT molecular complexity index is 804. The quantitative estimate of drug-likeness (QED) is 0.715. The van der Waals surface area contributed by atoms with Gasteiger partial charge in [-0.1, -0.05) is 39.1 Å². The topological polar surface area (TPSA) is 75.6 Å². The summed E-state index contributed by atoms with van der Waals surface area (Å²) in [7, 11) is -2.56. The lowest BCUT2D eigenvalue weighted by Gasteiger charge is -2.13. The number of hydrogen-bond acceptors (Lipinski definition) is 4. The Morgan fingerprint density at radius 1 is 1.18 bits per heavy atom. The number of sulfonamides is 1. The lowest BCUT2D eigenvalue weighted by molar-refractivity contribution is 0.403. The molecule has 22 heavy (non-hydrogen) atoms. The molecular formula is C13H10BrCl2NO4S. The van der Waals surface area contributed by atoms with Crippen molar-refractivity contribution in [3.05, 3.63) is 44.8 Å². The van der Waals surface area contributed by atoms with Crippen LogP contribution in [-0.2, 0) is 10.0 Å². The predicted molar refractivity (Wildman–Crippen MR) is 89.6 cm³/mol. The summed E-state index contributed by atoms with van der Waals surface area (Å²) in [6.45, 7) is 0. The van der Waals surface area contributed by atoms with Gasteiger partial charge < -0.3 is 9.84 Å². The van der Waals surface area contributed by atoms with E-state index in [-0.39, 0.29) is 32.1 Å². The second-order valence-electron chi connectivity index (χ2n) is 4.19. The molecule has 0 aromatic heterocycles. The van der Waals surface area contributed by atoms with E-state index in [9.17, 15) is 13.5 Å². The maximum atomic E-state index is 12.5. The van der Waals surface area contributed by atoms with Crippen molar-refractivity contribution in [2.75, 3.05) is 11.8 Å². The van der Waals surface area contributed by atoms with Crippen molar-refractivity contribution in [3.8, 4) is 11.5 Å². The molecule has 118 valence electrons. The van der Waals surface area contributed by atoms with Gasteiger partial charge in [-0.3, -0.25) is 4.72 Å². The Kier molecular flexibility index (Phi) is 5.11. The summed E-state index contributed by atoms with van der Waals surface area (Å²) in [6.07, 6.45) is 0. The van der Waals surface area contributed by atoms with Crippen LogP contribution in [0, 0.1) is 0 Å². The zero-order chi connectivity index (χ0) is 16.5. The highest BCUT2D eigenvalue weighted by Crippen LogP contribution is 2.36. The van der Waals surface area contributed by atoms with Crippen molar-refractivity contribution in [2.45, 2.75) is 4.90 Å². The minimum Gasteiger partial charge on any atom is -0.505 e. The third-order valence-corrected chi connectivity index (χ3v) is 5.16. The zero-order valence-corrected chi connectivity index (χ0v) is 15.0. The van der Waals surface area contributed by atoms with Gasteiger partial charge in [0.2, 0.25) is 0 Å². The van der Waals surface area contributed by atoms with E-state index in [1.54, 1.807) is 6.07 Å². The molecule has 0 aliphatic carbocycles. The highest BCUT2D eigenvalue weighted by atomic mass is 79.9. The Morgan fingerprint density at radius 2 is 1.77 bits per heavy atom. The molecule has 5 nitrogen and oxygen atoms in total. The van der Waals surface area contributed by atoms with E-state index in [1.165, 1.54) is 31.4 Å². The maximum Gasteiger partial charge on any atom is 0.265 e. The molecule has 0 unspecified atom stereocenters. The zero-order valence-electron chi connectivity index (χ0n) is 11.1. The average molecular weight is 427 g/mol. The first-order valence-corrected chi connectivity index (χ1v) is 8.82. The van der Waals surface area contributed by atoms with Gasteiger partial charge in [-0.05, 0) is 30.3 Å². The van der Waals surface area contributed by atoms with Crippen molar-refractivity contribution in [2.24, 2.45) is 0 Å². The molecule has 0 aliphatic heterocycles. The number of nitrogens with one attached hydrogen (secondary N) is 1. The first kappa shape index (κ1) is 17.2. The lowest BCUT2D eigenvalue weighted by Crippen LogP contribution is -2.14. The largest absolute Gasteiger partial charge is 0.505 e. The average Bonchev–Trinajstić information content (AvgIpc) is 2.44. The van der Waals surface area contributed by atoms with Crippen LogP contribution < -0.4 is 9.46 Å². The van der Waals surface area contributed by atoms with Crippen molar-refractivity contribution in [1.82, 2.24) is 0 Å². The molecule has 0 amide bonds. The summed E-state index contributed by atoms with van der Waals surface area (Å²) in [4.78, 5) is -0.0512. The number of anilines is 1. The van der Waals surface area contributed by atoms with Gasteiger partial charge in [-0.2, -0.15) is 0 Å². The third kappa shape index (κ3) is 3.60. The monoisotopic (exact) mass is 425 g/mol. The van der Waals surface area contributed by atoms with Crippen molar-refractivity contribution >= 4 is 54.8 Å². The van der Waals surface area contributed by atoms with E-state index in [0.29, 0.717) is 4.47 Å². The van der Waals surface area contributed by atoms with Gasteiger partial charge in [0.05, 0.1) is 22.8 Å². The van der Waals surface area contributed by atoms with Crippen LogP contribution in [0.1, 0.15) is 0 Å². The van der Waals surface area contributed by atoms with Crippen LogP contribution in [-0.4, -0.2) is 20.6 Å². The fraction of sp³-hybridized carbons (Fsp3) is 0.0769. The van der Waals surface area contributed by atoms with Gasteiger partial charge in [-0.25, -0.2) is 8.42 Å². The third-order valence-electron chi connectivity index (χ3n) is 2.68. The Morgan fingerprint density at radius 3 is 2.32 bits per heavy atom. The normalized spacial score (nSPS) is 11.3. The lowest BCUT2D eigenvalue weighted by atomic mass is 10.3. The van der Waals surface area contributed by atoms with Crippen LogP contribution >= 0.6 is 39.1 Å². The molecule has 0 fully saturated rings. The highest BCUT2D eigenvalue weighted by molar-refractivity contribution is 9.10. The summed E-state index contributed by atoms with van der Waals surface area (Å²) in [5.74, 6) is -0.127. The van der Waals surface area contributed by atoms with Crippen LogP contribution in [0.5, 0.6) is 11.5 Å². The standard InChI is InChI=1S/C13H10BrCl2NO4S/c1-21-11-3-2-7(14)4-12(11)22(19,20)17-8-5-9(15)13(18)10(16)6-8/h2-6,17-18H,1H3. The molecule has 0 bridgehead atoms. The molecule has 0 saturated heterocycles. The maximum absolute atomic E-state index is 12.5. The highest BCUT2D eigenvalue weighted by Gasteiger charge is 2.21. The van der Waals surface area contributed by atoms with E-state index in [0.717, 1.165) is 0 Å². The minimum atomic E-state index is -3.93. The van der Waals surface area contributed by atoms with Crippen molar-refractivity contribution in [3.63, 3.8) is 0 Å². The molecule has 0 aliphatic rings. The summed E-state index contributed by atoms with van der Waals surface area (Å²) in [5.41, 5.74) is 0.120. The summed E-state index contributed by atoms with van der Waals surface area (Å²) < 4.78 is 32.9. The molecule has 0 spiro atoms. The number of aromatic hydroxyl groups is 1. The van der Waals surface area contributed by atoms with Crippen LogP contribution in [0.25, 0.3) is 0 Å². The molecule has 0 atom stereocenters. The fourth-order valence-corrected chi connectivity index (χ4v) is 3.93. The molecular weight excluding hydrogens is 417 g/mol. The fourth-order valence-electron chi connectivity index (χ4n) is 1.70. The van der Waals surface area contributed by atoms with E-state index in [4.69, 9.17) is 27.9 Å². The van der Waals surface area contributed by atoms with E-state index in [2.05, 4.69) is 20.7 Å². The smallest absolute Gasteiger partial charge is 0.265 e. The molecule has 2 aromatic rings. The number of phenols is 1. The first-order valence-electron chi connectivity index (χ1n) is 5.79. The molecule has 9 heteroatoms. The predicted octanol–water partition coefficient (Wildman–Crippen LogP) is 4.27. The number of hydrogen-bond donors (Lipinski definition) is 2. The number of rotatable bonds is 4. The second-order valence-corrected chi connectivity index (χ2v) is 7.57. The molecule has 0 saturated carbocycles. The number of benzene rings is 2. The number of methoxy groups -OCH3 is 1. The molecule has 2 aromatic carbocycles.